The average molecular weight is 303 g/mol. The van der Waals surface area contributed by atoms with Crippen molar-refractivity contribution >= 4 is 29.3 Å². The van der Waals surface area contributed by atoms with Crippen LogP contribution in [0.4, 0.5) is 14.5 Å². The fourth-order valence-corrected chi connectivity index (χ4v) is 2.24. The molecule has 7 heteroatoms. The molecule has 0 saturated heterocycles. The van der Waals surface area contributed by atoms with Crippen molar-refractivity contribution in [2.45, 2.75) is 6.92 Å². The number of amides is 1. The molecule has 0 fully saturated rings. The molecule has 1 N–H and O–H groups in total. The lowest BCUT2D eigenvalue weighted by molar-refractivity contribution is -0.144. The van der Waals surface area contributed by atoms with Crippen LogP contribution in [-0.2, 0) is 14.3 Å². The van der Waals surface area contributed by atoms with Gasteiger partial charge in [-0.15, -0.1) is 0 Å². The molecule has 1 atom stereocenters. The van der Waals surface area contributed by atoms with Crippen LogP contribution in [0.5, 0.6) is 0 Å². The van der Waals surface area contributed by atoms with E-state index in [0.717, 1.165) is 18.2 Å². The fourth-order valence-electron chi connectivity index (χ4n) is 1.38. The van der Waals surface area contributed by atoms with E-state index in [0.29, 0.717) is 5.75 Å². The van der Waals surface area contributed by atoms with E-state index in [2.05, 4.69) is 10.1 Å². The molecule has 20 heavy (non-hydrogen) atoms. The Morgan fingerprint density at radius 3 is 2.75 bits per heavy atom. The Morgan fingerprint density at radius 2 is 2.10 bits per heavy atom. The van der Waals surface area contributed by atoms with Gasteiger partial charge in [-0.2, -0.15) is 11.8 Å². The van der Waals surface area contributed by atoms with Gasteiger partial charge in [-0.1, -0.05) is 6.92 Å². The molecule has 0 aliphatic heterocycles. The molecule has 0 aromatic heterocycles. The van der Waals surface area contributed by atoms with Gasteiger partial charge in [0.25, 0.3) is 0 Å². The van der Waals surface area contributed by atoms with Crippen molar-refractivity contribution in [3.63, 3.8) is 0 Å². The summed E-state index contributed by atoms with van der Waals surface area (Å²) in [4.78, 5) is 22.7. The first-order valence-corrected chi connectivity index (χ1v) is 7.00. The maximum atomic E-state index is 13.3. The summed E-state index contributed by atoms with van der Waals surface area (Å²) in [5, 5.41) is 2.28. The molecule has 1 unspecified atom stereocenters. The van der Waals surface area contributed by atoms with E-state index in [1.165, 1.54) is 18.9 Å². The zero-order valence-electron chi connectivity index (χ0n) is 11.1. The number of ether oxygens (including phenoxy) is 1. The first-order valence-electron chi connectivity index (χ1n) is 5.84. The van der Waals surface area contributed by atoms with Gasteiger partial charge in [0.05, 0.1) is 24.5 Å². The third-order valence-corrected chi connectivity index (χ3v) is 3.61. The van der Waals surface area contributed by atoms with Crippen molar-refractivity contribution in [1.82, 2.24) is 0 Å². The predicted molar refractivity (Wildman–Crippen MR) is 73.5 cm³/mol. The average Bonchev–Trinajstić information content (AvgIpc) is 2.41. The Kier molecular flexibility index (Phi) is 6.44. The molecular weight excluding hydrogens is 288 g/mol. The second kappa shape index (κ2) is 7.84. The molecule has 0 saturated carbocycles. The molecule has 1 rings (SSSR count). The van der Waals surface area contributed by atoms with Gasteiger partial charge in [-0.25, -0.2) is 8.78 Å². The van der Waals surface area contributed by atoms with Crippen molar-refractivity contribution < 1.29 is 23.1 Å². The number of nitrogens with one attached hydrogen (secondary N) is 1. The van der Waals surface area contributed by atoms with Crippen LogP contribution < -0.4 is 5.32 Å². The molecular formula is C13H15F2NO3S. The zero-order chi connectivity index (χ0) is 15.1. The number of rotatable bonds is 6. The van der Waals surface area contributed by atoms with E-state index >= 15 is 0 Å². The number of thioether (sulfide) groups is 1. The molecule has 0 bridgehead atoms. The van der Waals surface area contributed by atoms with E-state index in [1.807, 2.05) is 0 Å². The molecule has 0 heterocycles. The quantitative estimate of drug-likeness (QED) is 0.820. The highest BCUT2D eigenvalue weighted by atomic mass is 32.2. The molecule has 0 aliphatic rings. The van der Waals surface area contributed by atoms with Crippen molar-refractivity contribution in [2.75, 3.05) is 23.9 Å². The van der Waals surface area contributed by atoms with Gasteiger partial charge in [-0.05, 0) is 12.1 Å². The Hall–Kier alpha value is -1.63. The van der Waals surface area contributed by atoms with E-state index in [4.69, 9.17) is 0 Å². The highest BCUT2D eigenvalue weighted by Crippen LogP contribution is 2.16. The van der Waals surface area contributed by atoms with Crippen LogP contribution in [0.1, 0.15) is 6.92 Å². The topological polar surface area (TPSA) is 55.4 Å². The summed E-state index contributed by atoms with van der Waals surface area (Å²) in [5.41, 5.74) is -0.198. The Balaban J connectivity index is 2.41. The number of hydrogen-bond acceptors (Lipinski definition) is 4. The van der Waals surface area contributed by atoms with E-state index < -0.39 is 17.5 Å². The third-order valence-electron chi connectivity index (χ3n) is 2.41. The summed E-state index contributed by atoms with van der Waals surface area (Å²) in [6.07, 6.45) is 0. The number of carbonyl (C=O) groups excluding carboxylic acids is 2. The lowest BCUT2D eigenvalue weighted by atomic mass is 10.2. The van der Waals surface area contributed by atoms with E-state index in [9.17, 15) is 18.4 Å². The summed E-state index contributed by atoms with van der Waals surface area (Å²) >= 11 is 1.21. The van der Waals surface area contributed by atoms with Crippen LogP contribution in [0.15, 0.2) is 18.2 Å². The number of esters is 1. The van der Waals surface area contributed by atoms with Gasteiger partial charge in [0, 0.05) is 11.8 Å². The largest absolute Gasteiger partial charge is 0.469 e. The van der Waals surface area contributed by atoms with Crippen molar-refractivity contribution in [2.24, 2.45) is 5.92 Å². The molecule has 4 nitrogen and oxygen atoms in total. The lowest BCUT2D eigenvalue weighted by Crippen LogP contribution is -2.19. The molecule has 1 aromatic carbocycles. The standard InChI is InChI=1S/C13H15F2NO3S/c1-8(13(18)19-2)6-20-7-12(17)16-11-5-9(14)3-4-10(11)15/h3-5,8H,6-7H2,1-2H3,(H,16,17). The van der Waals surface area contributed by atoms with Crippen LogP contribution >= 0.6 is 11.8 Å². The number of anilines is 1. The first kappa shape index (κ1) is 16.4. The van der Waals surface area contributed by atoms with E-state index in [1.54, 1.807) is 6.92 Å². The minimum atomic E-state index is -0.701. The van der Waals surface area contributed by atoms with Gasteiger partial charge in [0.15, 0.2) is 0 Å². The number of carbonyl (C=O) groups is 2. The molecule has 110 valence electrons. The highest BCUT2D eigenvalue weighted by Gasteiger charge is 2.14. The zero-order valence-corrected chi connectivity index (χ0v) is 11.9. The van der Waals surface area contributed by atoms with Crippen LogP contribution in [0.25, 0.3) is 0 Å². The predicted octanol–water partition coefficient (Wildman–Crippen LogP) is 2.45. The minimum Gasteiger partial charge on any atom is -0.469 e. The van der Waals surface area contributed by atoms with Crippen LogP contribution in [-0.4, -0.2) is 30.5 Å². The highest BCUT2D eigenvalue weighted by molar-refractivity contribution is 8.00. The Labute approximate surface area is 119 Å². The third kappa shape index (κ3) is 5.16. The monoisotopic (exact) mass is 303 g/mol. The second-order valence-electron chi connectivity index (χ2n) is 4.11. The smallest absolute Gasteiger partial charge is 0.309 e. The number of hydrogen-bond donors (Lipinski definition) is 1. The summed E-state index contributed by atoms with van der Waals surface area (Å²) in [6, 6.07) is 2.82. The number of halogens is 2. The Morgan fingerprint density at radius 1 is 1.40 bits per heavy atom. The maximum Gasteiger partial charge on any atom is 0.309 e. The van der Waals surface area contributed by atoms with Crippen molar-refractivity contribution in [3.05, 3.63) is 29.8 Å². The van der Waals surface area contributed by atoms with Gasteiger partial charge in [-0.3, -0.25) is 9.59 Å². The summed E-state index contributed by atoms with van der Waals surface area (Å²) in [6.45, 7) is 1.68. The summed E-state index contributed by atoms with van der Waals surface area (Å²) in [7, 11) is 1.29. The van der Waals surface area contributed by atoms with Gasteiger partial charge in [0.1, 0.15) is 11.6 Å². The Bertz CT molecular complexity index is 497. The maximum absolute atomic E-state index is 13.3. The normalized spacial score (nSPS) is 11.8. The lowest BCUT2D eigenvalue weighted by Gasteiger charge is -2.09. The second-order valence-corrected chi connectivity index (χ2v) is 5.14. The van der Waals surface area contributed by atoms with Gasteiger partial charge in [0.2, 0.25) is 5.91 Å². The fraction of sp³-hybridized carbons (Fsp3) is 0.385. The van der Waals surface area contributed by atoms with Gasteiger partial charge < -0.3 is 10.1 Å². The SMILES string of the molecule is COC(=O)C(C)CSCC(=O)Nc1cc(F)ccc1F. The van der Waals surface area contributed by atoms with Gasteiger partial charge >= 0.3 is 5.97 Å². The van der Waals surface area contributed by atoms with E-state index in [-0.39, 0.29) is 23.3 Å². The minimum absolute atomic E-state index is 0.0390. The first-order chi connectivity index (χ1) is 9.43. The van der Waals surface area contributed by atoms with Crippen LogP contribution in [0, 0.1) is 17.6 Å². The summed E-state index contributed by atoms with van der Waals surface area (Å²) < 4.78 is 30.7. The molecule has 0 radical (unpaired) electrons. The van der Waals surface area contributed by atoms with Crippen LogP contribution in [0.3, 0.4) is 0 Å². The van der Waals surface area contributed by atoms with Crippen molar-refractivity contribution in [1.29, 1.82) is 0 Å². The molecule has 1 aromatic rings. The molecule has 0 aliphatic carbocycles. The molecule has 1 amide bonds. The molecule has 0 spiro atoms. The van der Waals surface area contributed by atoms with Crippen molar-refractivity contribution in [3.8, 4) is 0 Å². The number of benzene rings is 1. The number of methoxy groups -OCH3 is 1. The van der Waals surface area contributed by atoms with Crippen LogP contribution in [0.2, 0.25) is 0 Å². The summed E-state index contributed by atoms with van der Waals surface area (Å²) in [5.74, 6) is -2.03.